The number of hydrogen-bond donors (Lipinski definition) is 0. The van der Waals surface area contributed by atoms with E-state index in [2.05, 4.69) is 24.3 Å². The van der Waals surface area contributed by atoms with Gasteiger partial charge in [-0.2, -0.15) is 0 Å². The number of anilines is 1. The number of carbonyl (C=O) groups is 2. The topological polar surface area (TPSA) is 37.4 Å². The van der Waals surface area contributed by atoms with E-state index in [0.29, 0.717) is 16.2 Å². The van der Waals surface area contributed by atoms with E-state index >= 15 is 0 Å². The average Bonchev–Trinajstić information content (AvgIpc) is 3.16. The molecule has 3 nitrogen and oxygen atoms in total. The first-order valence-corrected chi connectivity index (χ1v) is 11.7. The Bertz CT molecular complexity index is 1370. The maximum atomic E-state index is 13.8. The summed E-state index contributed by atoms with van der Waals surface area (Å²) in [5.41, 5.74) is 4.39. The van der Waals surface area contributed by atoms with Crippen LogP contribution in [-0.4, -0.2) is 18.6 Å². The van der Waals surface area contributed by atoms with Gasteiger partial charge in [-0.3, -0.25) is 9.59 Å². The van der Waals surface area contributed by atoms with E-state index in [4.69, 9.17) is 0 Å². The Hall–Kier alpha value is -3.63. The summed E-state index contributed by atoms with van der Waals surface area (Å²) in [5.74, 6) is -0.515. The van der Waals surface area contributed by atoms with Gasteiger partial charge in [-0.1, -0.05) is 102 Å². The summed E-state index contributed by atoms with van der Waals surface area (Å²) >= 11 is 1.48. The van der Waals surface area contributed by atoms with Crippen LogP contribution in [0.15, 0.2) is 100 Å². The summed E-state index contributed by atoms with van der Waals surface area (Å²) in [5, 5.41) is 2.89. The molecule has 33 heavy (non-hydrogen) atoms. The highest BCUT2D eigenvalue weighted by Crippen LogP contribution is 2.50. The number of allylic oxidation sites excluding steroid dienone is 1. The normalized spacial score (nSPS) is 12.7. The molecule has 0 aliphatic carbocycles. The van der Waals surface area contributed by atoms with Gasteiger partial charge in [0, 0.05) is 28.5 Å². The van der Waals surface area contributed by atoms with Gasteiger partial charge < -0.3 is 4.90 Å². The molecule has 0 saturated carbocycles. The lowest BCUT2D eigenvalue weighted by atomic mass is 9.95. The first-order chi connectivity index (χ1) is 15.9. The van der Waals surface area contributed by atoms with Gasteiger partial charge in [0.15, 0.2) is 11.6 Å². The SMILES string of the molecule is Cc1ccc(C(=O)C(C(=O)c2ccc(C)cc2)=C2Sc3ccc4ccccc4c3N2C)cc1. The first kappa shape index (κ1) is 21.2. The minimum atomic E-state index is -0.257. The highest BCUT2D eigenvalue weighted by Gasteiger charge is 2.33. The van der Waals surface area contributed by atoms with Gasteiger partial charge in [-0.05, 0) is 25.3 Å². The zero-order chi connectivity index (χ0) is 23.1. The fraction of sp³-hybridized carbons (Fsp3) is 0.103. The molecule has 0 N–H and O–H groups in total. The minimum Gasteiger partial charge on any atom is -0.337 e. The number of rotatable bonds is 4. The second-order valence-electron chi connectivity index (χ2n) is 8.36. The third kappa shape index (κ3) is 3.77. The van der Waals surface area contributed by atoms with Gasteiger partial charge in [-0.25, -0.2) is 0 Å². The van der Waals surface area contributed by atoms with Crippen molar-refractivity contribution in [3.8, 4) is 0 Å². The highest BCUT2D eigenvalue weighted by molar-refractivity contribution is 8.03. The molecule has 0 aromatic heterocycles. The Morgan fingerprint density at radius 3 is 1.82 bits per heavy atom. The Kier molecular flexibility index (Phi) is 5.39. The van der Waals surface area contributed by atoms with E-state index in [0.717, 1.165) is 32.5 Å². The number of hydrogen-bond acceptors (Lipinski definition) is 4. The molecule has 1 aliphatic heterocycles. The standard InChI is InChI=1S/C29H23NO2S/c1-18-8-12-21(13-9-18)27(31)25(28(32)22-14-10-19(2)11-15-22)29-30(3)26-23-7-5-4-6-20(23)16-17-24(26)33-29/h4-17H,1-3H3. The Morgan fingerprint density at radius 2 is 1.24 bits per heavy atom. The largest absolute Gasteiger partial charge is 0.337 e. The lowest BCUT2D eigenvalue weighted by molar-refractivity contribution is 0.0961. The molecule has 0 amide bonds. The molecule has 1 aliphatic rings. The van der Waals surface area contributed by atoms with Crippen LogP contribution in [-0.2, 0) is 0 Å². The van der Waals surface area contributed by atoms with Gasteiger partial charge in [-0.15, -0.1) is 0 Å². The smallest absolute Gasteiger partial charge is 0.199 e. The number of carbonyl (C=O) groups excluding carboxylic acids is 2. The summed E-state index contributed by atoms with van der Waals surface area (Å²) in [6, 6.07) is 27.1. The van der Waals surface area contributed by atoms with Crippen LogP contribution in [0.1, 0.15) is 31.8 Å². The minimum absolute atomic E-state index is 0.204. The fourth-order valence-corrected chi connectivity index (χ4v) is 5.36. The molecule has 0 unspecified atom stereocenters. The molecule has 0 atom stereocenters. The average molecular weight is 450 g/mol. The molecular formula is C29H23NO2S. The summed E-state index contributed by atoms with van der Waals surface area (Å²) < 4.78 is 0. The molecular weight excluding hydrogens is 426 g/mol. The van der Waals surface area contributed by atoms with Crippen molar-refractivity contribution in [3.05, 3.63) is 118 Å². The van der Waals surface area contributed by atoms with E-state index in [1.54, 1.807) is 24.3 Å². The third-order valence-corrected chi connectivity index (χ3v) is 7.23. The van der Waals surface area contributed by atoms with E-state index in [-0.39, 0.29) is 17.1 Å². The van der Waals surface area contributed by atoms with Gasteiger partial charge in [0.25, 0.3) is 0 Å². The van der Waals surface area contributed by atoms with Crippen LogP contribution in [0.5, 0.6) is 0 Å². The molecule has 4 aromatic carbocycles. The highest BCUT2D eigenvalue weighted by atomic mass is 32.2. The summed E-state index contributed by atoms with van der Waals surface area (Å²) in [6.45, 7) is 3.96. The number of benzene rings is 4. The van der Waals surface area contributed by atoms with Crippen LogP contribution in [0.3, 0.4) is 0 Å². The molecule has 4 heteroatoms. The molecule has 0 spiro atoms. The van der Waals surface area contributed by atoms with Gasteiger partial charge >= 0.3 is 0 Å². The van der Waals surface area contributed by atoms with Crippen molar-refractivity contribution in [3.63, 3.8) is 0 Å². The van der Waals surface area contributed by atoms with Crippen LogP contribution >= 0.6 is 11.8 Å². The van der Waals surface area contributed by atoms with Crippen LogP contribution in [0.2, 0.25) is 0 Å². The number of aryl methyl sites for hydroxylation is 2. The van der Waals surface area contributed by atoms with Crippen molar-refractivity contribution in [1.29, 1.82) is 0 Å². The van der Waals surface area contributed by atoms with Crippen molar-refractivity contribution in [1.82, 2.24) is 0 Å². The predicted octanol–water partition coefficient (Wildman–Crippen LogP) is 6.98. The van der Waals surface area contributed by atoms with Crippen LogP contribution < -0.4 is 4.90 Å². The van der Waals surface area contributed by atoms with E-state index in [9.17, 15) is 9.59 Å². The molecule has 5 rings (SSSR count). The second kappa shape index (κ2) is 8.38. The van der Waals surface area contributed by atoms with Gasteiger partial charge in [0.2, 0.25) is 0 Å². The summed E-state index contributed by atoms with van der Waals surface area (Å²) in [6.07, 6.45) is 0. The van der Waals surface area contributed by atoms with Gasteiger partial charge in [0.05, 0.1) is 10.7 Å². The van der Waals surface area contributed by atoms with Crippen molar-refractivity contribution in [2.45, 2.75) is 18.7 Å². The maximum Gasteiger partial charge on any atom is 0.199 e. The molecule has 0 fully saturated rings. The molecule has 1 heterocycles. The number of thioether (sulfide) groups is 1. The lowest BCUT2D eigenvalue weighted by Gasteiger charge is -2.19. The molecule has 0 saturated heterocycles. The zero-order valence-corrected chi connectivity index (χ0v) is 19.6. The van der Waals surface area contributed by atoms with Gasteiger partial charge in [0.1, 0.15) is 5.57 Å². The first-order valence-electron chi connectivity index (χ1n) is 10.8. The fourth-order valence-electron chi connectivity index (χ4n) is 4.15. The Labute approximate surface area is 197 Å². The number of nitrogens with zero attached hydrogens (tertiary/aromatic N) is 1. The quantitative estimate of drug-likeness (QED) is 0.146. The Balaban J connectivity index is 1.70. The predicted molar refractivity (Wildman–Crippen MR) is 136 cm³/mol. The number of fused-ring (bicyclic) bond motifs is 3. The molecule has 162 valence electrons. The molecule has 0 bridgehead atoms. The van der Waals surface area contributed by atoms with E-state index in [1.165, 1.54) is 11.8 Å². The van der Waals surface area contributed by atoms with E-state index in [1.807, 2.05) is 62.2 Å². The zero-order valence-electron chi connectivity index (χ0n) is 18.8. The monoisotopic (exact) mass is 449 g/mol. The van der Waals surface area contributed by atoms with Crippen LogP contribution in [0, 0.1) is 13.8 Å². The lowest BCUT2D eigenvalue weighted by Crippen LogP contribution is -2.22. The summed E-state index contributed by atoms with van der Waals surface area (Å²) in [4.78, 5) is 30.6. The molecule has 0 radical (unpaired) electrons. The van der Waals surface area contributed by atoms with Crippen LogP contribution in [0.4, 0.5) is 5.69 Å². The van der Waals surface area contributed by atoms with Crippen molar-refractivity contribution < 1.29 is 9.59 Å². The summed E-state index contributed by atoms with van der Waals surface area (Å²) in [7, 11) is 1.94. The third-order valence-electron chi connectivity index (χ3n) is 6.01. The van der Waals surface area contributed by atoms with Crippen LogP contribution in [0.25, 0.3) is 10.8 Å². The van der Waals surface area contributed by atoms with Crippen molar-refractivity contribution >= 4 is 39.8 Å². The maximum absolute atomic E-state index is 13.8. The van der Waals surface area contributed by atoms with Crippen molar-refractivity contribution in [2.75, 3.05) is 11.9 Å². The second-order valence-corrected chi connectivity index (χ2v) is 9.40. The molecule has 4 aromatic rings. The number of Topliss-reactive ketones (excluding diaryl/α,β-unsaturated/α-hetero) is 2. The Morgan fingerprint density at radius 1 is 0.697 bits per heavy atom. The number of ketones is 2. The van der Waals surface area contributed by atoms with E-state index < -0.39 is 0 Å². The van der Waals surface area contributed by atoms with Crippen molar-refractivity contribution in [2.24, 2.45) is 0 Å².